The highest BCUT2D eigenvalue weighted by molar-refractivity contribution is 5.89. The first-order valence-electron chi connectivity index (χ1n) is 7.22. The summed E-state index contributed by atoms with van der Waals surface area (Å²) >= 11 is 0. The Morgan fingerprint density at radius 3 is 3.00 bits per heavy atom. The molecule has 3 aromatic rings. The fourth-order valence-electron chi connectivity index (χ4n) is 2.84. The summed E-state index contributed by atoms with van der Waals surface area (Å²) in [5.74, 6) is 0.788. The smallest absolute Gasteiger partial charge is 0.183 e. The lowest BCUT2D eigenvalue weighted by molar-refractivity contribution is -0.0367. The van der Waals surface area contributed by atoms with Crippen LogP contribution in [0.25, 0.3) is 16.7 Å². The van der Waals surface area contributed by atoms with Gasteiger partial charge in [-0.1, -0.05) is 0 Å². The van der Waals surface area contributed by atoms with Crippen molar-refractivity contribution in [2.45, 2.75) is 25.5 Å². The summed E-state index contributed by atoms with van der Waals surface area (Å²) < 4.78 is 9.60. The monoisotopic (exact) mass is 283 g/mol. The molecule has 1 fully saturated rings. The summed E-state index contributed by atoms with van der Waals surface area (Å²) in [5, 5.41) is 10.0. The van der Waals surface area contributed by atoms with Crippen molar-refractivity contribution in [3.8, 4) is 5.82 Å². The number of aromatic nitrogens is 4. The van der Waals surface area contributed by atoms with E-state index in [0.29, 0.717) is 0 Å². The van der Waals surface area contributed by atoms with Gasteiger partial charge in [0.2, 0.25) is 0 Å². The Hall–Kier alpha value is -2.34. The molecule has 1 saturated heterocycles. The summed E-state index contributed by atoms with van der Waals surface area (Å²) in [6.07, 6.45) is 6.90. The molecule has 6 nitrogen and oxygen atoms in total. The van der Waals surface area contributed by atoms with Crippen LogP contribution >= 0.6 is 0 Å². The summed E-state index contributed by atoms with van der Waals surface area (Å²) in [6.45, 7) is 0.790. The van der Waals surface area contributed by atoms with Crippen LogP contribution in [0.5, 0.6) is 0 Å². The molecule has 108 valence electrons. The first kappa shape index (κ1) is 12.4. The lowest BCUT2D eigenvalue weighted by atomic mass is 10.2. The molecule has 2 N–H and O–H groups in total. The first-order valence-corrected chi connectivity index (χ1v) is 7.22. The molecule has 1 atom stereocenters. The number of nitrogens with zero attached hydrogens (tertiary/aromatic N) is 4. The van der Waals surface area contributed by atoms with Crippen molar-refractivity contribution >= 4 is 16.6 Å². The van der Waals surface area contributed by atoms with Gasteiger partial charge >= 0.3 is 0 Å². The van der Waals surface area contributed by atoms with Gasteiger partial charge < -0.3 is 10.5 Å². The van der Waals surface area contributed by atoms with E-state index in [4.69, 9.17) is 15.6 Å². The van der Waals surface area contributed by atoms with E-state index in [1.54, 1.807) is 10.9 Å². The van der Waals surface area contributed by atoms with E-state index in [1.807, 2.05) is 35.1 Å². The van der Waals surface area contributed by atoms with Gasteiger partial charge in [-0.05, 0) is 43.5 Å². The van der Waals surface area contributed by atoms with Crippen LogP contribution in [0, 0.1) is 0 Å². The van der Waals surface area contributed by atoms with Crippen LogP contribution in [0.3, 0.4) is 0 Å². The van der Waals surface area contributed by atoms with Gasteiger partial charge in [0.1, 0.15) is 0 Å². The molecule has 3 heterocycles. The van der Waals surface area contributed by atoms with Gasteiger partial charge in [-0.25, -0.2) is 9.36 Å². The SMILES string of the molecule is Nc1ccc2c(c1)c(-n1cccn1)nn2C1CCCCO1. The standard InChI is InChI=1S/C15H17N5O/c16-11-5-6-13-12(10-11)15(19-8-3-7-17-19)18-20(13)14-4-1-2-9-21-14/h3,5-8,10,14H,1-2,4,9,16H2. The average molecular weight is 283 g/mol. The van der Waals surface area contributed by atoms with Crippen LogP contribution in [0.1, 0.15) is 25.5 Å². The highest BCUT2D eigenvalue weighted by atomic mass is 16.5. The average Bonchev–Trinajstić information content (AvgIpc) is 3.14. The Morgan fingerprint density at radius 2 is 2.24 bits per heavy atom. The molecule has 6 heteroatoms. The molecule has 0 bridgehead atoms. The zero-order chi connectivity index (χ0) is 14.2. The lowest BCUT2D eigenvalue weighted by Crippen LogP contribution is -2.19. The van der Waals surface area contributed by atoms with Gasteiger partial charge in [-0.15, -0.1) is 5.10 Å². The number of fused-ring (bicyclic) bond motifs is 1. The van der Waals surface area contributed by atoms with E-state index >= 15 is 0 Å². The molecule has 0 amide bonds. The third-order valence-corrected chi connectivity index (χ3v) is 3.86. The Balaban J connectivity index is 1.91. The normalized spacial score (nSPS) is 19.1. The van der Waals surface area contributed by atoms with Gasteiger partial charge in [0.05, 0.1) is 5.52 Å². The first-order chi connectivity index (χ1) is 10.3. The lowest BCUT2D eigenvalue weighted by Gasteiger charge is -2.23. The number of anilines is 1. The molecule has 0 saturated carbocycles. The van der Waals surface area contributed by atoms with Crippen LogP contribution in [0.2, 0.25) is 0 Å². The molecule has 0 radical (unpaired) electrons. The number of hydrogen-bond donors (Lipinski definition) is 1. The minimum Gasteiger partial charge on any atom is -0.399 e. The molecule has 21 heavy (non-hydrogen) atoms. The van der Waals surface area contributed by atoms with E-state index in [1.165, 1.54) is 0 Å². The van der Waals surface area contributed by atoms with Gasteiger partial charge in [0.15, 0.2) is 12.0 Å². The molecule has 1 aliphatic rings. The molecule has 0 spiro atoms. The van der Waals surface area contributed by atoms with Crippen LogP contribution in [-0.4, -0.2) is 26.2 Å². The summed E-state index contributed by atoms with van der Waals surface area (Å²) in [7, 11) is 0. The van der Waals surface area contributed by atoms with Crippen LogP contribution in [0.4, 0.5) is 5.69 Å². The minimum atomic E-state index is -0.00538. The van der Waals surface area contributed by atoms with E-state index < -0.39 is 0 Å². The largest absolute Gasteiger partial charge is 0.399 e. The third kappa shape index (κ3) is 2.08. The van der Waals surface area contributed by atoms with Crippen molar-refractivity contribution in [3.63, 3.8) is 0 Å². The number of nitrogens with two attached hydrogens (primary N) is 1. The van der Waals surface area contributed by atoms with Gasteiger partial charge in [0, 0.05) is 30.1 Å². The molecule has 2 aromatic heterocycles. The predicted octanol–water partition coefficient (Wildman–Crippen LogP) is 2.50. The Kier molecular flexibility index (Phi) is 2.89. The fourth-order valence-corrected chi connectivity index (χ4v) is 2.84. The van der Waals surface area contributed by atoms with Gasteiger partial charge in [-0.2, -0.15) is 5.10 Å². The maximum absolute atomic E-state index is 5.94. The predicted molar refractivity (Wildman–Crippen MR) is 80.1 cm³/mol. The molecule has 1 aliphatic heterocycles. The second kappa shape index (κ2) is 4.89. The number of rotatable bonds is 2. The molecular weight excluding hydrogens is 266 g/mol. The van der Waals surface area contributed by atoms with Gasteiger partial charge in [-0.3, -0.25) is 0 Å². The quantitative estimate of drug-likeness (QED) is 0.733. The zero-order valence-corrected chi connectivity index (χ0v) is 11.6. The number of ether oxygens (including phenoxy) is 1. The van der Waals surface area contributed by atoms with Crippen molar-refractivity contribution in [2.75, 3.05) is 12.3 Å². The van der Waals surface area contributed by atoms with E-state index in [9.17, 15) is 0 Å². The number of benzene rings is 1. The molecule has 1 unspecified atom stereocenters. The van der Waals surface area contributed by atoms with E-state index in [2.05, 4.69) is 5.10 Å². The molecular formula is C15H17N5O. The van der Waals surface area contributed by atoms with Crippen molar-refractivity contribution in [2.24, 2.45) is 0 Å². The number of nitrogen functional groups attached to an aromatic ring is 1. The van der Waals surface area contributed by atoms with Gasteiger partial charge in [0.25, 0.3) is 0 Å². The van der Waals surface area contributed by atoms with Crippen molar-refractivity contribution in [1.29, 1.82) is 0 Å². The summed E-state index contributed by atoms with van der Waals surface area (Å²) in [4.78, 5) is 0. The van der Waals surface area contributed by atoms with E-state index in [0.717, 1.165) is 48.3 Å². The second-order valence-electron chi connectivity index (χ2n) is 5.32. The minimum absolute atomic E-state index is 0.00538. The van der Waals surface area contributed by atoms with Crippen LogP contribution < -0.4 is 5.73 Å². The molecule has 1 aromatic carbocycles. The maximum atomic E-state index is 5.94. The molecule has 0 aliphatic carbocycles. The van der Waals surface area contributed by atoms with Crippen molar-refractivity contribution < 1.29 is 4.74 Å². The maximum Gasteiger partial charge on any atom is 0.183 e. The fraction of sp³-hybridized carbons (Fsp3) is 0.333. The Labute approximate surface area is 122 Å². The summed E-state index contributed by atoms with van der Waals surface area (Å²) in [6, 6.07) is 7.73. The van der Waals surface area contributed by atoms with Crippen LogP contribution in [0.15, 0.2) is 36.7 Å². The highest BCUT2D eigenvalue weighted by Crippen LogP contribution is 2.30. The van der Waals surface area contributed by atoms with Crippen molar-refractivity contribution in [1.82, 2.24) is 19.6 Å². The Bertz CT molecular complexity index is 756. The number of hydrogen-bond acceptors (Lipinski definition) is 4. The third-order valence-electron chi connectivity index (χ3n) is 3.86. The Morgan fingerprint density at radius 1 is 1.29 bits per heavy atom. The summed E-state index contributed by atoms with van der Waals surface area (Å²) in [5.41, 5.74) is 7.69. The van der Waals surface area contributed by atoms with E-state index in [-0.39, 0.29) is 6.23 Å². The second-order valence-corrected chi connectivity index (χ2v) is 5.32. The zero-order valence-electron chi connectivity index (χ0n) is 11.6. The molecule has 4 rings (SSSR count). The van der Waals surface area contributed by atoms with Crippen molar-refractivity contribution in [3.05, 3.63) is 36.7 Å². The van der Waals surface area contributed by atoms with Crippen LogP contribution in [-0.2, 0) is 4.74 Å². The highest BCUT2D eigenvalue weighted by Gasteiger charge is 2.21. The topological polar surface area (TPSA) is 70.9 Å².